The van der Waals surface area contributed by atoms with Crippen molar-refractivity contribution in [1.82, 2.24) is 10.3 Å². The highest BCUT2D eigenvalue weighted by molar-refractivity contribution is 6.04. The summed E-state index contributed by atoms with van der Waals surface area (Å²) >= 11 is 0. The number of nitrogens with one attached hydrogen (secondary N) is 2. The summed E-state index contributed by atoms with van der Waals surface area (Å²) in [5.41, 5.74) is 2.51. The Labute approximate surface area is 159 Å². The average Bonchev–Trinajstić information content (AvgIpc) is 3.20. The summed E-state index contributed by atoms with van der Waals surface area (Å²) in [6.07, 6.45) is 3.53. The quantitative estimate of drug-likeness (QED) is 0.820. The van der Waals surface area contributed by atoms with Gasteiger partial charge in [-0.05, 0) is 48.6 Å². The molecule has 2 N–H and O–H groups in total. The van der Waals surface area contributed by atoms with Crippen molar-refractivity contribution in [2.45, 2.75) is 38.7 Å². The Balaban J connectivity index is 1.61. The topological polar surface area (TPSA) is 80.3 Å². The van der Waals surface area contributed by atoms with Gasteiger partial charge in [-0.1, -0.05) is 26.0 Å². The maximum absolute atomic E-state index is 12.4. The van der Waals surface area contributed by atoms with Crippen LogP contribution in [0.3, 0.4) is 0 Å². The van der Waals surface area contributed by atoms with E-state index < -0.39 is 0 Å². The summed E-state index contributed by atoms with van der Waals surface area (Å²) in [5.74, 6) is -0.148. The van der Waals surface area contributed by atoms with E-state index >= 15 is 0 Å². The number of ether oxygens (including phenoxy) is 1. The molecule has 3 rings (SSSR count). The number of nitrogens with zero attached hydrogens (tertiary/aromatic N) is 1. The van der Waals surface area contributed by atoms with Gasteiger partial charge < -0.3 is 15.4 Å². The fourth-order valence-corrected chi connectivity index (χ4v) is 2.96. The summed E-state index contributed by atoms with van der Waals surface area (Å²) in [6.45, 7) is 5.46. The van der Waals surface area contributed by atoms with Crippen molar-refractivity contribution in [2.75, 3.05) is 18.5 Å². The third-order valence-corrected chi connectivity index (χ3v) is 4.60. The van der Waals surface area contributed by atoms with Crippen molar-refractivity contribution in [3.8, 4) is 0 Å². The minimum atomic E-state index is -0.346. The number of aromatic nitrogens is 1. The van der Waals surface area contributed by atoms with Gasteiger partial charge in [-0.2, -0.15) is 0 Å². The van der Waals surface area contributed by atoms with E-state index in [2.05, 4.69) is 29.5 Å². The molecule has 1 unspecified atom stereocenters. The molecule has 2 amide bonds. The lowest BCUT2D eigenvalue weighted by Crippen LogP contribution is -2.32. The van der Waals surface area contributed by atoms with Gasteiger partial charge in [0.15, 0.2) is 0 Å². The predicted molar refractivity (Wildman–Crippen MR) is 104 cm³/mol. The van der Waals surface area contributed by atoms with Crippen LogP contribution in [-0.4, -0.2) is 36.1 Å². The highest BCUT2D eigenvalue weighted by Gasteiger charge is 2.17. The van der Waals surface area contributed by atoms with Gasteiger partial charge in [-0.25, -0.2) is 0 Å². The van der Waals surface area contributed by atoms with Crippen molar-refractivity contribution < 1.29 is 14.3 Å². The maximum Gasteiger partial charge on any atom is 0.274 e. The molecule has 142 valence electrons. The molecular formula is C21H25N3O3. The first-order chi connectivity index (χ1) is 13.0. The van der Waals surface area contributed by atoms with Gasteiger partial charge in [0.2, 0.25) is 0 Å². The van der Waals surface area contributed by atoms with E-state index in [1.54, 1.807) is 6.07 Å². The lowest BCUT2D eigenvalue weighted by atomic mass is 10.0. The molecule has 0 spiro atoms. The molecular weight excluding hydrogens is 342 g/mol. The molecule has 27 heavy (non-hydrogen) atoms. The van der Waals surface area contributed by atoms with Gasteiger partial charge in [-0.15, -0.1) is 0 Å². The standard InChI is InChI=1S/C21H25N3O3/c1-14(2)15-5-7-17(8-6-15)24-21(26)19-12-16(9-10-22-19)20(25)23-13-18-4-3-11-27-18/h5-10,12,14,18H,3-4,11,13H2,1-2H3,(H,23,25)(H,24,26). The third kappa shape index (κ3) is 5.14. The van der Waals surface area contributed by atoms with Gasteiger partial charge in [0.25, 0.3) is 11.8 Å². The number of carbonyl (C=O) groups excluding carboxylic acids is 2. The molecule has 2 aromatic rings. The Bertz CT molecular complexity index is 797. The summed E-state index contributed by atoms with van der Waals surface area (Å²) in [6, 6.07) is 10.8. The summed E-state index contributed by atoms with van der Waals surface area (Å²) < 4.78 is 5.50. The fourth-order valence-electron chi connectivity index (χ4n) is 2.96. The van der Waals surface area contributed by atoms with Crippen molar-refractivity contribution in [3.05, 3.63) is 59.4 Å². The average molecular weight is 367 g/mol. The second-order valence-corrected chi connectivity index (χ2v) is 7.01. The van der Waals surface area contributed by atoms with Crippen LogP contribution in [0.1, 0.15) is 59.0 Å². The SMILES string of the molecule is CC(C)c1ccc(NC(=O)c2cc(C(=O)NCC3CCCO3)ccn2)cc1. The van der Waals surface area contributed by atoms with Gasteiger partial charge >= 0.3 is 0 Å². The Hall–Kier alpha value is -2.73. The fraction of sp³-hybridized carbons (Fsp3) is 0.381. The first kappa shape index (κ1) is 19.0. The summed E-state index contributed by atoms with van der Waals surface area (Å²) in [5, 5.41) is 5.66. The third-order valence-electron chi connectivity index (χ3n) is 4.60. The van der Waals surface area contributed by atoms with Crippen LogP contribution in [0, 0.1) is 0 Å². The van der Waals surface area contributed by atoms with E-state index in [4.69, 9.17) is 4.74 Å². The summed E-state index contributed by atoms with van der Waals surface area (Å²) in [4.78, 5) is 28.8. The van der Waals surface area contributed by atoms with Crippen LogP contribution in [0.15, 0.2) is 42.6 Å². The number of carbonyl (C=O) groups is 2. The normalized spacial score (nSPS) is 16.3. The molecule has 0 aliphatic carbocycles. The minimum Gasteiger partial charge on any atom is -0.376 e. The zero-order valence-corrected chi connectivity index (χ0v) is 15.7. The van der Waals surface area contributed by atoms with Gasteiger partial charge in [0.1, 0.15) is 5.69 Å². The molecule has 0 radical (unpaired) electrons. The highest BCUT2D eigenvalue weighted by atomic mass is 16.5. The number of pyridine rings is 1. The molecule has 6 heteroatoms. The molecule has 0 bridgehead atoms. The molecule has 1 fully saturated rings. The van der Waals surface area contributed by atoms with E-state index in [1.165, 1.54) is 17.8 Å². The number of amides is 2. The molecule has 1 aliphatic rings. The van der Waals surface area contributed by atoms with Crippen molar-refractivity contribution in [1.29, 1.82) is 0 Å². The largest absolute Gasteiger partial charge is 0.376 e. The van der Waals surface area contributed by atoms with E-state index in [-0.39, 0.29) is 23.6 Å². The monoisotopic (exact) mass is 367 g/mol. The van der Waals surface area contributed by atoms with Gasteiger partial charge in [0.05, 0.1) is 6.10 Å². The Morgan fingerprint density at radius 1 is 1.19 bits per heavy atom. The Kier molecular flexibility index (Phi) is 6.19. The smallest absolute Gasteiger partial charge is 0.274 e. The second kappa shape index (κ2) is 8.77. The number of hydrogen-bond acceptors (Lipinski definition) is 4. The minimum absolute atomic E-state index is 0.0763. The van der Waals surface area contributed by atoms with Crippen LogP contribution < -0.4 is 10.6 Å². The van der Waals surface area contributed by atoms with Crippen LogP contribution >= 0.6 is 0 Å². The Morgan fingerprint density at radius 2 is 1.96 bits per heavy atom. The van der Waals surface area contributed by atoms with E-state index in [0.717, 1.165) is 19.4 Å². The molecule has 2 heterocycles. The van der Waals surface area contributed by atoms with Crippen molar-refractivity contribution in [2.24, 2.45) is 0 Å². The number of benzene rings is 1. The molecule has 0 saturated carbocycles. The molecule has 1 aliphatic heterocycles. The van der Waals surface area contributed by atoms with E-state index in [1.807, 2.05) is 24.3 Å². The molecule has 1 aromatic carbocycles. The van der Waals surface area contributed by atoms with Crippen LogP contribution in [-0.2, 0) is 4.74 Å². The van der Waals surface area contributed by atoms with Gasteiger partial charge in [-0.3, -0.25) is 14.6 Å². The predicted octanol–water partition coefficient (Wildman–Crippen LogP) is 3.37. The molecule has 6 nitrogen and oxygen atoms in total. The van der Waals surface area contributed by atoms with E-state index in [9.17, 15) is 9.59 Å². The highest BCUT2D eigenvalue weighted by Crippen LogP contribution is 2.17. The first-order valence-corrected chi connectivity index (χ1v) is 9.30. The van der Waals surface area contributed by atoms with Gasteiger partial charge in [0, 0.05) is 30.6 Å². The number of anilines is 1. The lowest BCUT2D eigenvalue weighted by Gasteiger charge is -2.11. The first-order valence-electron chi connectivity index (χ1n) is 9.30. The number of rotatable bonds is 6. The van der Waals surface area contributed by atoms with Crippen LogP contribution in [0.5, 0.6) is 0 Å². The molecule has 1 atom stereocenters. The molecule has 1 aromatic heterocycles. The zero-order valence-electron chi connectivity index (χ0n) is 15.7. The number of hydrogen-bond donors (Lipinski definition) is 2. The van der Waals surface area contributed by atoms with Crippen LogP contribution in [0.25, 0.3) is 0 Å². The molecule has 1 saturated heterocycles. The maximum atomic E-state index is 12.4. The van der Waals surface area contributed by atoms with Crippen LogP contribution in [0.2, 0.25) is 0 Å². The van der Waals surface area contributed by atoms with Crippen LogP contribution in [0.4, 0.5) is 5.69 Å². The zero-order chi connectivity index (χ0) is 19.2. The van der Waals surface area contributed by atoms with Crippen molar-refractivity contribution >= 4 is 17.5 Å². The Morgan fingerprint density at radius 3 is 2.63 bits per heavy atom. The van der Waals surface area contributed by atoms with Crippen molar-refractivity contribution in [3.63, 3.8) is 0 Å². The second-order valence-electron chi connectivity index (χ2n) is 7.01. The lowest BCUT2D eigenvalue weighted by molar-refractivity contribution is 0.0857. The van der Waals surface area contributed by atoms with E-state index in [0.29, 0.717) is 23.7 Å². The summed E-state index contributed by atoms with van der Waals surface area (Å²) in [7, 11) is 0.